The molecule has 0 aliphatic carbocycles. The summed E-state index contributed by atoms with van der Waals surface area (Å²) in [6.07, 6.45) is 3.20. The predicted molar refractivity (Wildman–Crippen MR) is 129 cm³/mol. The van der Waals surface area contributed by atoms with Crippen LogP contribution in [0.1, 0.15) is 40.0 Å². The molecule has 9 heteroatoms. The summed E-state index contributed by atoms with van der Waals surface area (Å²) in [4.78, 5) is 41.2. The van der Waals surface area contributed by atoms with Gasteiger partial charge in [0.05, 0.1) is 5.92 Å². The molecule has 4 heterocycles. The number of rotatable bonds is 3. The Morgan fingerprint density at radius 2 is 1.65 bits per heavy atom. The molecule has 1 aromatic carbocycles. The molecule has 3 aromatic rings. The zero-order valence-electron chi connectivity index (χ0n) is 20.1. The summed E-state index contributed by atoms with van der Waals surface area (Å²) in [5.41, 5.74) is 3.77. The van der Waals surface area contributed by atoms with Gasteiger partial charge in [-0.1, -0.05) is 17.2 Å². The van der Waals surface area contributed by atoms with Crippen molar-refractivity contribution in [3.8, 4) is 0 Å². The average molecular weight is 462 g/mol. The number of fused-ring (bicyclic) bond motifs is 1. The predicted octanol–water partition coefficient (Wildman–Crippen LogP) is 2.25. The summed E-state index contributed by atoms with van der Waals surface area (Å²) in [7, 11) is 0. The van der Waals surface area contributed by atoms with E-state index in [9.17, 15) is 9.59 Å². The fourth-order valence-corrected chi connectivity index (χ4v) is 5.19. The molecule has 0 saturated carbocycles. The van der Waals surface area contributed by atoms with Crippen LogP contribution in [0.4, 0.5) is 5.82 Å². The number of carbonyl (C=O) groups is 2. The Labute approximate surface area is 199 Å². The lowest BCUT2D eigenvalue weighted by molar-refractivity contribution is -0.137. The SMILES string of the molecule is Cc1cc(C)cc(C(=O)N2CCCC(C(=O)N3CCN(c4cc(C)nc5ncnn45)CC3)C2)c1. The minimum absolute atomic E-state index is 0.0269. The highest BCUT2D eigenvalue weighted by atomic mass is 16.2. The van der Waals surface area contributed by atoms with Crippen molar-refractivity contribution < 1.29 is 9.59 Å². The molecule has 178 valence electrons. The van der Waals surface area contributed by atoms with E-state index in [0.29, 0.717) is 37.5 Å². The van der Waals surface area contributed by atoms with Crippen LogP contribution in [-0.4, -0.2) is 80.5 Å². The molecule has 2 aliphatic heterocycles. The summed E-state index contributed by atoms with van der Waals surface area (Å²) >= 11 is 0. The molecule has 0 radical (unpaired) electrons. The van der Waals surface area contributed by atoms with Crippen molar-refractivity contribution in [2.45, 2.75) is 33.6 Å². The van der Waals surface area contributed by atoms with Crippen molar-refractivity contribution in [1.82, 2.24) is 29.4 Å². The van der Waals surface area contributed by atoms with E-state index in [-0.39, 0.29) is 17.7 Å². The first-order valence-corrected chi connectivity index (χ1v) is 12.0. The number of piperidine rings is 1. The van der Waals surface area contributed by atoms with Crippen molar-refractivity contribution in [3.05, 3.63) is 53.0 Å². The van der Waals surface area contributed by atoms with Gasteiger partial charge in [-0.05, 0) is 45.7 Å². The van der Waals surface area contributed by atoms with Crippen molar-refractivity contribution in [2.75, 3.05) is 44.2 Å². The molecule has 2 amide bonds. The Kier molecular flexibility index (Phi) is 5.93. The van der Waals surface area contributed by atoms with Gasteiger partial charge in [0.25, 0.3) is 11.7 Å². The van der Waals surface area contributed by atoms with Gasteiger partial charge in [-0.2, -0.15) is 14.6 Å². The van der Waals surface area contributed by atoms with E-state index < -0.39 is 0 Å². The third kappa shape index (κ3) is 4.34. The molecule has 1 atom stereocenters. The zero-order chi connectivity index (χ0) is 23.8. The number of benzene rings is 1. The summed E-state index contributed by atoms with van der Waals surface area (Å²) in [5, 5.41) is 4.31. The van der Waals surface area contributed by atoms with Gasteiger partial charge in [-0.25, -0.2) is 4.98 Å². The topological polar surface area (TPSA) is 86.9 Å². The summed E-state index contributed by atoms with van der Waals surface area (Å²) in [6.45, 7) is 9.92. The minimum atomic E-state index is -0.139. The van der Waals surface area contributed by atoms with Gasteiger partial charge >= 0.3 is 0 Å². The second-order valence-corrected chi connectivity index (χ2v) is 9.51. The maximum Gasteiger partial charge on any atom is 0.254 e. The fourth-order valence-electron chi connectivity index (χ4n) is 5.19. The third-order valence-corrected chi connectivity index (χ3v) is 6.80. The number of likely N-dealkylation sites (tertiary alicyclic amines) is 1. The highest BCUT2D eigenvalue weighted by Gasteiger charge is 2.33. The Balaban J connectivity index is 1.23. The lowest BCUT2D eigenvalue weighted by atomic mass is 9.95. The second kappa shape index (κ2) is 9.04. The highest BCUT2D eigenvalue weighted by molar-refractivity contribution is 5.95. The lowest BCUT2D eigenvalue weighted by Gasteiger charge is -2.39. The molecule has 5 rings (SSSR count). The minimum Gasteiger partial charge on any atom is -0.353 e. The number of aryl methyl sites for hydroxylation is 3. The molecule has 2 saturated heterocycles. The van der Waals surface area contributed by atoms with E-state index in [0.717, 1.165) is 48.6 Å². The van der Waals surface area contributed by atoms with Gasteiger partial charge in [0.15, 0.2) is 0 Å². The first kappa shape index (κ1) is 22.3. The average Bonchev–Trinajstić information content (AvgIpc) is 3.30. The van der Waals surface area contributed by atoms with Crippen LogP contribution in [0.25, 0.3) is 5.78 Å². The fraction of sp³-hybridized carbons (Fsp3) is 0.480. The molecule has 0 bridgehead atoms. The molecule has 0 spiro atoms. The van der Waals surface area contributed by atoms with Crippen LogP contribution in [0.15, 0.2) is 30.6 Å². The van der Waals surface area contributed by atoms with E-state index in [1.165, 1.54) is 6.33 Å². The number of carbonyl (C=O) groups excluding carboxylic acids is 2. The monoisotopic (exact) mass is 461 g/mol. The van der Waals surface area contributed by atoms with Gasteiger partial charge in [0.2, 0.25) is 5.91 Å². The number of piperazine rings is 1. The van der Waals surface area contributed by atoms with Crippen LogP contribution in [-0.2, 0) is 4.79 Å². The van der Waals surface area contributed by atoms with Gasteiger partial charge < -0.3 is 14.7 Å². The van der Waals surface area contributed by atoms with Crippen molar-refractivity contribution in [3.63, 3.8) is 0 Å². The van der Waals surface area contributed by atoms with Crippen LogP contribution < -0.4 is 4.90 Å². The smallest absolute Gasteiger partial charge is 0.254 e. The summed E-state index contributed by atoms with van der Waals surface area (Å²) < 4.78 is 1.75. The lowest BCUT2D eigenvalue weighted by Crippen LogP contribution is -2.53. The van der Waals surface area contributed by atoms with E-state index in [1.54, 1.807) is 4.52 Å². The highest BCUT2D eigenvalue weighted by Crippen LogP contribution is 2.24. The molecule has 0 N–H and O–H groups in total. The van der Waals surface area contributed by atoms with Crippen molar-refractivity contribution >= 4 is 23.4 Å². The molecular formula is C25H31N7O2. The summed E-state index contributed by atoms with van der Waals surface area (Å²) in [5.74, 6) is 1.59. The molecule has 2 aromatic heterocycles. The van der Waals surface area contributed by atoms with Crippen LogP contribution in [0.3, 0.4) is 0 Å². The zero-order valence-corrected chi connectivity index (χ0v) is 20.1. The van der Waals surface area contributed by atoms with Gasteiger partial charge in [-0.3, -0.25) is 9.59 Å². The molecule has 2 aliphatic rings. The third-order valence-electron chi connectivity index (χ3n) is 6.80. The Bertz CT molecular complexity index is 1210. The first-order valence-electron chi connectivity index (χ1n) is 12.0. The number of amides is 2. The van der Waals surface area contributed by atoms with Crippen molar-refractivity contribution in [1.29, 1.82) is 0 Å². The molecule has 9 nitrogen and oxygen atoms in total. The standard InChI is InChI=1S/C25H31N7O2/c1-17-11-18(2)13-21(12-17)24(34)31-6-4-5-20(15-31)23(33)30-9-7-29(8-10-30)22-14-19(3)28-25-26-16-27-32(22)25/h11-14,16,20H,4-10,15H2,1-3H3. The van der Waals surface area contributed by atoms with Gasteiger partial charge in [-0.15, -0.1) is 0 Å². The second-order valence-electron chi connectivity index (χ2n) is 9.51. The number of nitrogens with zero attached hydrogens (tertiary/aromatic N) is 7. The Morgan fingerprint density at radius 1 is 0.912 bits per heavy atom. The van der Waals surface area contributed by atoms with E-state index in [2.05, 4.69) is 26.0 Å². The van der Waals surface area contributed by atoms with E-state index >= 15 is 0 Å². The largest absolute Gasteiger partial charge is 0.353 e. The van der Waals surface area contributed by atoms with E-state index in [1.807, 2.05) is 48.8 Å². The molecular weight excluding hydrogens is 430 g/mol. The molecule has 34 heavy (non-hydrogen) atoms. The molecule has 2 fully saturated rings. The van der Waals surface area contributed by atoms with Gasteiger partial charge in [0, 0.05) is 56.6 Å². The van der Waals surface area contributed by atoms with Gasteiger partial charge in [0.1, 0.15) is 12.1 Å². The van der Waals surface area contributed by atoms with Crippen LogP contribution in [0.2, 0.25) is 0 Å². The van der Waals surface area contributed by atoms with Crippen LogP contribution in [0, 0.1) is 26.7 Å². The number of aromatic nitrogens is 4. The van der Waals surface area contributed by atoms with Crippen LogP contribution >= 0.6 is 0 Å². The number of hydrogen-bond donors (Lipinski definition) is 0. The first-order chi connectivity index (χ1) is 16.4. The molecule has 1 unspecified atom stereocenters. The number of hydrogen-bond acceptors (Lipinski definition) is 6. The maximum absolute atomic E-state index is 13.4. The van der Waals surface area contributed by atoms with Crippen molar-refractivity contribution in [2.24, 2.45) is 5.92 Å². The number of anilines is 1. The maximum atomic E-state index is 13.4. The Hall–Kier alpha value is -3.49. The normalized spacial score (nSPS) is 19.0. The van der Waals surface area contributed by atoms with E-state index in [4.69, 9.17) is 0 Å². The Morgan fingerprint density at radius 3 is 2.38 bits per heavy atom. The quantitative estimate of drug-likeness (QED) is 0.595. The van der Waals surface area contributed by atoms with Crippen LogP contribution in [0.5, 0.6) is 0 Å². The summed E-state index contributed by atoms with van der Waals surface area (Å²) in [6, 6.07) is 7.96.